The highest BCUT2D eigenvalue weighted by atomic mass is 19.4. The number of aromatic nitrogens is 2. The Hall–Kier alpha value is -2.39. The van der Waals surface area contributed by atoms with Crippen LogP contribution in [0.2, 0.25) is 0 Å². The van der Waals surface area contributed by atoms with Crippen molar-refractivity contribution in [1.29, 1.82) is 0 Å². The van der Waals surface area contributed by atoms with Crippen LogP contribution in [0.1, 0.15) is 19.3 Å². The minimum absolute atomic E-state index is 0.0137. The van der Waals surface area contributed by atoms with Gasteiger partial charge in [0.1, 0.15) is 18.1 Å². The van der Waals surface area contributed by atoms with Crippen molar-refractivity contribution in [1.82, 2.24) is 15.3 Å². The number of nitrogens with one attached hydrogen (secondary N) is 1. The lowest BCUT2D eigenvalue weighted by Crippen LogP contribution is -2.49. The molecule has 1 aromatic heterocycles. The number of alkyl halides is 3. The number of amides is 1. The topological polar surface area (TPSA) is 79.7 Å². The summed E-state index contributed by atoms with van der Waals surface area (Å²) in [5.41, 5.74) is -0.721. The standard InChI is InChI=1S/C14H16F3N5O2/c15-14(16,17)8-20-12(23)10-6-13(24-21-10)2-1-5-22(9-13)11-7-18-3-4-19-11/h3-4,7H,1-2,5-6,8-9H2,(H,20,23)/t13-/m1/s1. The van der Waals surface area contributed by atoms with Crippen LogP contribution in [0.15, 0.2) is 23.7 Å². The van der Waals surface area contributed by atoms with E-state index in [2.05, 4.69) is 15.1 Å². The van der Waals surface area contributed by atoms with Gasteiger partial charge in [-0.15, -0.1) is 0 Å². The van der Waals surface area contributed by atoms with Gasteiger partial charge in [0.2, 0.25) is 0 Å². The van der Waals surface area contributed by atoms with Crippen molar-refractivity contribution in [3.05, 3.63) is 18.6 Å². The fraction of sp³-hybridized carbons (Fsp3) is 0.571. The summed E-state index contributed by atoms with van der Waals surface area (Å²) in [5, 5.41) is 5.53. The maximum absolute atomic E-state index is 12.2. The minimum atomic E-state index is -4.46. The van der Waals surface area contributed by atoms with Crippen molar-refractivity contribution < 1.29 is 22.8 Å². The molecule has 1 N–H and O–H groups in total. The first-order valence-electron chi connectivity index (χ1n) is 7.48. The van der Waals surface area contributed by atoms with Crippen LogP contribution >= 0.6 is 0 Å². The van der Waals surface area contributed by atoms with Crippen molar-refractivity contribution in [2.75, 3.05) is 24.5 Å². The van der Waals surface area contributed by atoms with Crippen LogP contribution in [-0.4, -0.2) is 53.0 Å². The minimum Gasteiger partial charge on any atom is -0.386 e. The van der Waals surface area contributed by atoms with E-state index in [1.54, 1.807) is 18.6 Å². The SMILES string of the molecule is O=C(NCC(F)(F)F)C1=NO[C@]2(CCCN(c3cnccn3)C2)C1. The van der Waals surface area contributed by atoms with Crippen LogP contribution in [0.4, 0.5) is 19.0 Å². The zero-order valence-electron chi connectivity index (χ0n) is 12.7. The van der Waals surface area contributed by atoms with Crippen molar-refractivity contribution in [2.45, 2.75) is 31.0 Å². The van der Waals surface area contributed by atoms with Crippen molar-refractivity contribution in [3.63, 3.8) is 0 Å². The monoisotopic (exact) mass is 343 g/mol. The first kappa shape index (κ1) is 16.5. The van der Waals surface area contributed by atoms with Crippen LogP contribution in [0.3, 0.4) is 0 Å². The highest BCUT2D eigenvalue weighted by Crippen LogP contribution is 2.34. The third kappa shape index (κ3) is 3.74. The lowest BCUT2D eigenvalue weighted by molar-refractivity contribution is -0.134. The lowest BCUT2D eigenvalue weighted by Gasteiger charge is -2.38. The molecule has 0 saturated carbocycles. The molecule has 3 heterocycles. The Morgan fingerprint density at radius 1 is 1.42 bits per heavy atom. The molecule has 2 aliphatic heterocycles. The maximum atomic E-state index is 12.2. The molecule has 24 heavy (non-hydrogen) atoms. The van der Waals surface area contributed by atoms with E-state index in [4.69, 9.17) is 4.84 Å². The lowest BCUT2D eigenvalue weighted by atomic mass is 9.88. The van der Waals surface area contributed by atoms with Gasteiger partial charge in [-0.25, -0.2) is 4.98 Å². The van der Waals surface area contributed by atoms with Gasteiger partial charge in [0.15, 0.2) is 5.60 Å². The molecule has 10 heteroatoms. The van der Waals surface area contributed by atoms with E-state index < -0.39 is 24.2 Å². The first-order valence-corrected chi connectivity index (χ1v) is 7.48. The van der Waals surface area contributed by atoms with Crippen molar-refractivity contribution in [2.24, 2.45) is 5.16 Å². The zero-order valence-corrected chi connectivity index (χ0v) is 12.7. The van der Waals surface area contributed by atoms with Gasteiger partial charge in [-0.3, -0.25) is 9.78 Å². The van der Waals surface area contributed by atoms with Crippen LogP contribution in [0.5, 0.6) is 0 Å². The van der Waals surface area contributed by atoms with Gasteiger partial charge in [0.05, 0.1) is 12.7 Å². The van der Waals surface area contributed by atoms with Crippen molar-refractivity contribution in [3.8, 4) is 0 Å². The van der Waals surface area contributed by atoms with Gasteiger partial charge in [-0.2, -0.15) is 13.2 Å². The molecule has 7 nitrogen and oxygen atoms in total. The fourth-order valence-electron chi connectivity index (χ4n) is 2.89. The van der Waals surface area contributed by atoms with E-state index in [1.165, 1.54) is 0 Å². The third-order valence-electron chi connectivity index (χ3n) is 3.96. The van der Waals surface area contributed by atoms with Gasteiger partial charge >= 0.3 is 6.18 Å². The molecular formula is C14H16F3N5O2. The Bertz CT molecular complexity index is 637. The Morgan fingerprint density at radius 3 is 2.96 bits per heavy atom. The average Bonchev–Trinajstić information content (AvgIpc) is 2.96. The third-order valence-corrected chi connectivity index (χ3v) is 3.96. The van der Waals surface area contributed by atoms with Crippen LogP contribution in [0.25, 0.3) is 0 Å². The van der Waals surface area contributed by atoms with Gasteiger partial charge in [0.25, 0.3) is 5.91 Å². The van der Waals surface area contributed by atoms with Crippen LogP contribution in [0, 0.1) is 0 Å². The Kier molecular flexibility index (Phi) is 4.29. The molecule has 1 amide bonds. The zero-order chi connectivity index (χ0) is 17.2. The van der Waals surface area contributed by atoms with E-state index >= 15 is 0 Å². The molecular weight excluding hydrogens is 327 g/mol. The molecule has 0 aliphatic carbocycles. The molecule has 0 aromatic carbocycles. The molecule has 1 aromatic rings. The summed E-state index contributed by atoms with van der Waals surface area (Å²) in [6, 6.07) is 0. The summed E-state index contributed by atoms with van der Waals surface area (Å²) in [4.78, 5) is 27.5. The molecule has 1 atom stereocenters. The summed E-state index contributed by atoms with van der Waals surface area (Å²) in [7, 11) is 0. The number of hydrogen-bond donors (Lipinski definition) is 1. The molecule has 0 radical (unpaired) electrons. The predicted octanol–water partition coefficient (Wildman–Crippen LogP) is 1.27. The van der Waals surface area contributed by atoms with Gasteiger partial charge < -0.3 is 15.1 Å². The summed E-state index contributed by atoms with van der Waals surface area (Å²) in [6.07, 6.45) is 1.97. The Morgan fingerprint density at radius 2 is 2.25 bits per heavy atom. The second-order valence-corrected chi connectivity index (χ2v) is 5.88. The molecule has 1 fully saturated rings. The molecule has 0 bridgehead atoms. The number of piperidine rings is 1. The number of oxime groups is 1. The normalized spacial score (nSPS) is 23.8. The summed E-state index contributed by atoms with van der Waals surface area (Å²) in [6.45, 7) is -0.172. The molecule has 3 rings (SSSR count). The maximum Gasteiger partial charge on any atom is 0.405 e. The predicted molar refractivity (Wildman–Crippen MR) is 78.4 cm³/mol. The summed E-state index contributed by atoms with van der Waals surface area (Å²) >= 11 is 0. The largest absolute Gasteiger partial charge is 0.405 e. The first-order chi connectivity index (χ1) is 11.4. The van der Waals surface area contributed by atoms with Gasteiger partial charge in [-0.05, 0) is 12.8 Å². The highest BCUT2D eigenvalue weighted by molar-refractivity contribution is 6.39. The van der Waals surface area contributed by atoms with Crippen LogP contribution in [-0.2, 0) is 9.63 Å². The smallest absolute Gasteiger partial charge is 0.386 e. The fourth-order valence-corrected chi connectivity index (χ4v) is 2.89. The summed E-state index contributed by atoms with van der Waals surface area (Å²) in [5.74, 6) is -0.157. The van der Waals surface area contributed by atoms with E-state index in [-0.39, 0.29) is 12.1 Å². The number of halogens is 3. The Labute approximate surface area is 135 Å². The molecule has 0 unspecified atom stereocenters. The second kappa shape index (κ2) is 6.25. The molecule has 1 spiro atoms. The van der Waals surface area contributed by atoms with E-state index in [1.807, 2.05) is 10.2 Å². The van der Waals surface area contributed by atoms with E-state index in [9.17, 15) is 18.0 Å². The number of hydrogen-bond acceptors (Lipinski definition) is 6. The average molecular weight is 343 g/mol. The second-order valence-electron chi connectivity index (χ2n) is 5.88. The number of rotatable bonds is 3. The molecule has 130 valence electrons. The Balaban J connectivity index is 1.61. The van der Waals surface area contributed by atoms with Crippen molar-refractivity contribution >= 4 is 17.4 Å². The molecule has 1 saturated heterocycles. The van der Waals surface area contributed by atoms with Gasteiger partial charge in [-0.1, -0.05) is 5.16 Å². The number of carbonyl (C=O) groups excluding carboxylic acids is 1. The number of anilines is 1. The number of carbonyl (C=O) groups is 1. The quantitative estimate of drug-likeness (QED) is 0.894. The van der Waals surface area contributed by atoms with E-state index in [0.717, 1.165) is 13.0 Å². The highest BCUT2D eigenvalue weighted by Gasteiger charge is 2.45. The number of nitrogens with zero attached hydrogens (tertiary/aromatic N) is 4. The van der Waals surface area contributed by atoms with E-state index in [0.29, 0.717) is 18.8 Å². The van der Waals surface area contributed by atoms with Crippen LogP contribution < -0.4 is 10.2 Å². The van der Waals surface area contributed by atoms with Gasteiger partial charge in [0, 0.05) is 25.4 Å². The molecule has 2 aliphatic rings. The summed E-state index contributed by atoms with van der Waals surface area (Å²) < 4.78 is 36.6.